The van der Waals surface area contributed by atoms with E-state index in [4.69, 9.17) is 9.47 Å². The number of likely N-dealkylation sites (N-methyl/N-ethyl adjacent to an activating group) is 1. The molecule has 0 bridgehead atoms. The molecular formula is C19H29BrN2O4. The second-order valence-electron chi connectivity index (χ2n) is 6.30. The van der Waals surface area contributed by atoms with Gasteiger partial charge in [0.05, 0.1) is 19.6 Å². The summed E-state index contributed by atoms with van der Waals surface area (Å²) in [5.41, 5.74) is 0.773. The number of ether oxygens (including phenoxy) is 2. The number of rotatable bonds is 10. The van der Waals surface area contributed by atoms with Crippen LogP contribution in [0.5, 0.6) is 11.5 Å². The number of amides is 2. The molecule has 0 aromatic heterocycles. The highest BCUT2D eigenvalue weighted by atomic mass is 79.9. The lowest BCUT2D eigenvalue weighted by atomic mass is 10.0. The molecule has 0 saturated carbocycles. The van der Waals surface area contributed by atoms with E-state index in [1.54, 1.807) is 13.1 Å². The Morgan fingerprint density at radius 3 is 2.19 bits per heavy atom. The van der Waals surface area contributed by atoms with E-state index in [0.717, 1.165) is 10.0 Å². The smallest absolute Gasteiger partial charge is 0.242 e. The summed E-state index contributed by atoms with van der Waals surface area (Å²) in [5, 5.41) is 5.42. The Morgan fingerprint density at radius 2 is 1.69 bits per heavy atom. The second-order valence-corrected chi connectivity index (χ2v) is 7.15. The van der Waals surface area contributed by atoms with Crippen molar-refractivity contribution in [3.8, 4) is 11.5 Å². The Bertz CT molecular complexity index is 620. The average Bonchev–Trinajstić information content (AvgIpc) is 2.57. The zero-order valence-corrected chi connectivity index (χ0v) is 17.7. The van der Waals surface area contributed by atoms with Crippen LogP contribution in [0.2, 0.25) is 0 Å². The summed E-state index contributed by atoms with van der Waals surface area (Å²) in [6.07, 6.45) is 0.721. The molecule has 0 aliphatic heterocycles. The number of benzene rings is 1. The van der Waals surface area contributed by atoms with Gasteiger partial charge < -0.3 is 20.1 Å². The fourth-order valence-electron chi connectivity index (χ4n) is 2.54. The Kier molecular flexibility index (Phi) is 9.48. The molecule has 26 heavy (non-hydrogen) atoms. The number of halogens is 1. The maximum Gasteiger partial charge on any atom is 0.242 e. The van der Waals surface area contributed by atoms with Crippen LogP contribution in [0.4, 0.5) is 0 Å². The fourth-order valence-corrected chi connectivity index (χ4v) is 3.01. The van der Waals surface area contributed by atoms with E-state index in [0.29, 0.717) is 37.1 Å². The quantitative estimate of drug-likeness (QED) is 0.600. The Balaban J connectivity index is 2.93. The summed E-state index contributed by atoms with van der Waals surface area (Å²) < 4.78 is 12.0. The van der Waals surface area contributed by atoms with Crippen molar-refractivity contribution in [1.82, 2.24) is 10.6 Å². The van der Waals surface area contributed by atoms with Crippen molar-refractivity contribution in [3.05, 3.63) is 22.2 Å². The van der Waals surface area contributed by atoms with E-state index in [1.807, 2.05) is 33.8 Å². The third-order valence-corrected chi connectivity index (χ3v) is 4.41. The second kappa shape index (κ2) is 11.1. The van der Waals surface area contributed by atoms with Crippen LogP contribution in [0.15, 0.2) is 16.6 Å². The lowest BCUT2D eigenvalue weighted by Gasteiger charge is -2.19. The highest BCUT2D eigenvalue weighted by molar-refractivity contribution is 9.10. The van der Waals surface area contributed by atoms with Crippen molar-refractivity contribution in [2.75, 3.05) is 20.3 Å². The molecule has 1 atom stereocenters. The normalized spacial score (nSPS) is 11.8. The molecule has 2 N–H and O–H groups in total. The minimum absolute atomic E-state index is 0.138. The van der Waals surface area contributed by atoms with Gasteiger partial charge in [-0.25, -0.2) is 0 Å². The van der Waals surface area contributed by atoms with Crippen LogP contribution < -0.4 is 20.1 Å². The van der Waals surface area contributed by atoms with Gasteiger partial charge in [0.15, 0.2) is 11.5 Å². The molecule has 0 aliphatic carbocycles. The predicted molar refractivity (Wildman–Crippen MR) is 106 cm³/mol. The molecule has 0 spiro atoms. The van der Waals surface area contributed by atoms with Gasteiger partial charge in [0, 0.05) is 11.5 Å². The maximum atomic E-state index is 12.5. The summed E-state index contributed by atoms with van der Waals surface area (Å²) in [6, 6.07) is 3.07. The first-order valence-electron chi connectivity index (χ1n) is 8.91. The Hall–Kier alpha value is -1.76. The zero-order valence-electron chi connectivity index (χ0n) is 16.1. The largest absolute Gasteiger partial charge is 0.490 e. The van der Waals surface area contributed by atoms with Crippen LogP contribution in [0.3, 0.4) is 0 Å². The molecule has 0 fully saturated rings. The molecule has 146 valence electrons. The molecule has 1 unspecified atom stereocenters. The summed E-state index contributed by atoms with van der Waals surface area (Å²) >= 11 is 3.49. The molecule has 0 saturated heterocycles. The van der Waals surface area contributed by atoms with E-state index < -0.39 is 6.04 Å². The number of hydrogen-bond donors (Lipinski definition) is 2. The van der Waals surface area contributed by atoms with Gasteiger partial charge in [-0.3, -0.25) is 9.59 Å². The average molecular weight is 429 g/mol. The summed E-state index contributed by atoms with van der Waals surface area (Å²) in [4.78, 5) is 24.5. The molecule has 1 aromatic carbocycles. The molecule has 0 aliphatic rings. The fraction of sp³-hybridized carbons (Fsp3) is 0.579. The lowest BCUT2D eigenvalue weighted by molar-refractivity contribution is -0.128. The Morgan fingerprint density at radius 1 is 1.12 bits per heavy atom. The van der Waals surface area contributed by atoms with Crippen molar-refractivity contribution in [2.45, 2.75) is 46.6 Å². The third-order valence-electron chi connectivity index (χ3n) is 3.67. The molecule has 0 heterocycles. The maximum absolute atomic E-state index is 12.5. The van der Waals surface area contributed by atoms with E-state index >= 15 is 0 Å². The van der Waals surface area contributed by atoms with Crippen LogP contribution >= 0.6 is 15.9 Å². The van der Waals surface area contributed by atoms with Gasteiger partial charge in [-0.2, -0.15) is 0 Å². The van der Waals surface area contributed by atoms with Gasteiger partial charge in [-0.1, -0.05) is 29.8 Å². The van der Waals surface area contributed by atoms with Crippen molar-refractivity contribution < 1.29 is 19.1 Å². The summed E-state index contributed by atoms with van der Waals surface area (Å²) in [5.74, 6) is 1.12. The monoisotopic (exact) mass is 428 g/mol. The van der Waals surface area contributed by atoms with Crippen molar-refractivity contribution in [3.63, 3.8) is 0 Å². The molecule has 7 heteroatoms. The SMILES string of the molecule is CCOc1cc(Br)c(CC(=O)NC(CC(C)C)C(=O)NC)cc1OCC. The minimum atomic E-state index is -0.541. The summed E-state index contributed by atoms with van der Waals surface area (Å²) in [7, 11) is 1.57. The Labute approximate surface area is 164 Å². The number of carbonyl (C=O) groups excluding carboxylic acids is 2. The van der Waals surface area contributed by atoms with Gasteiger partial charge >= 0.3 is 0 Å². The first kappa shape index (κ1) is 22.3. The lowest BCUT2D eigenvalue weighted by Crippen LogP contribution is -2.46. The van der Waals surface area contributed by atoms with Crippen LogP contribution in [0.25, 0.3) is 0 Å². The summed E-state index contributed by atoms with van der Waals surface area (Å²) in [6.45, 7) is 8.84. The van der Waals surface area contributed by atoms with Gasteiger partial charge in [0.1, 0.15) is 6.04 Å². The van der Waals surface area contributed by atoms with Gasteiger partial charge in [-0.15, -0.1) is 0 Å². The first-order chi connectivity index (χ1) is 12.3. The first-order valence-corrected chi connectivity index (χ1v) is 9.70. The molecule has 0 radical (unpaired) electrons. The van der Waals surface area contributed by atoms with Crippen LogP contribution in [0, 0.1) is 5.92 Å². The van der Waals surface area contributed by atoms with E-state index in [1.165, 1.54) is 0 Å². The van der Waals surface area contributed by atoms with Crippen LogP contribution in [0.1, 0.15) is 39.7 Å². The van der Waals surface area contributed by atoms with Crippen LogP contribution in [-0.4, -0.2) is 38.1 Å². The minimum Gasteiger partial charge on any atom is -0.490 e. The highest BCUT2D eigenvalue weighted by Crippen LogP contribution is 2.34. The third kappa shape index (κ3) is 6.86. The van der Waals surface area contributed by atoms with Crippen molar-refractivity contribution in [1.29, 1.82) is 0 Å². The number of nitrogens with one attached hydrogen (secondary N) is 2. The zero-order chi connectivity index (χ0) is 19.7. The topological polar surface area (TPSA) is 76.7 Å². The van der Waals surface area contributed by atoms with Gasteiger partial charge in [0.2, 0.25) is 11.8 Å². The predicted octanol–water partition coefficient (Wildman–Crippen LogP) is 3.07. The van der Waals surface area contributed by atoms with Crippen molar-refractivity contribution >= 4 is 27.7 Å². The van der Waals surface area contributed by atoms with Gasteiger partial charge in [0.25, 0.3) is 0 Å². The molecule has 1 rings (SSSR count). The molecular weight excluding hydrogens is 400 g/mol. The van der Waals surface area contributed by atoms with E-state index in [9.17, 15) is 9.59 Å². The number of hydrogen-bond acceptors (Lipinski definition) is 4. The van der Waals surface area contributed by atoms with E-state index in [2.05, 4.69) is 26.6 Å². The van der Waals surface area contributed by atoms with Crippen LogP contribution in [-0.2, 0) is 16.0 Å². The number of carbonyl (C=O) groups is 2. The molecule has 2 amide bonds. The molecule has 1 aromatic rings. The highest BCUT2D eigenvalue weighted by Gasteiger charge is 2.22. The molecule has 6 nitrogen and oxygen atoms in total. The van der Waals surface area contributed by atoms with Gasteiger partial charge in [-0.05, 0) is 43.9 Å². The van der Waals surface area contributed by atoms with Crippen molar-refractivity contribution in [2.24, 2.45) is 5.92 Å². The standard InChI is InChI=1S/C19H29BrN2O4/c1-6-25-16-9-13(14(20)11-17(16)26-7-2)10-18(23)22-15(8-12(3)4)19(24)21-5/h9,11-12,15H,6-8,10H2,1-5H3,(H,21,24)(H,22,23). The van der Waals surface area contributed by atoms with E-state index in [-0.39, 0.29) is 18.2 Å².